The third-order valence-electron chi connectivity index (χ3n) is 4.13. The van der Waals surface area contributed by atoms with Crippen LogP contribution in [-0.4, -0.2) is 25.8 Å². The van der Waals surface area contributed by atoms with Gasteiger partial charge < -0.3 is 10.1 Å². The number of hydrogen-bond acceptors (Lipinski definition) is 2. The van der Waals surface area contributed by atoms with E-state index in [0.717, 1.165) is 26.2 Å². The highest BCUT2D eigenvalue weighted by Gasteiger charge is 2.18. The summed E-state index contributed by atoms with van der Waals surface area (Å²) in [6.07, 6.45) is 6.02. The summed E-state index contributed by atoms with van der Waals surface area (Å²) in [5.74, 6) is 0. The summed E-state index contributed by atoms with van der Waals surface area (Å²) in [6.45, 7) is 14.3. The number of hydrogen-bond donors (Lipinski definition) is 1. The molecule has 104 valence electrons. The molecule has 0 spiro atoms. The van der Waals surface area contributed by atoms with Crippen LogP contribution in [-0.2, 0) is 4.74 Å². The molecule has 0 aromatic heterocycles. The van der Waals surface area contributed by atoms with Gasteiger partial charge in [-0.25, -0.2) is 0 Å². The highest BCUT2D eigenvalue weighted by molar-refractivity contribution is 4.70. The zero-order valence-corrected chi connectivity index (χ0v) is 12.6. The van der Waals surface area contributed by atoms with Gasteiger partial charge in [-0.3, -0.25) is 0 Å². The van der Waals surface area contributed by atoms with Gasteiger partial charge in [-0.1, -0.05) is 40.5 Å². The zero-order chi connectivity index (χ0) is 13.1. The van der Waals surface area contributed by atoms with Gasteiger partial charge in [-0.15, -0.1) is 0 Å². The molecule has 0 aliphatic carbocycles. The molecule has 0 radical (unpaired) electrons. The molecule has 0 amide bonds. The van der Waals surface area contributed by atoms with E-state index in [2.05, 4.69) is 39.9 Å². The fourth-order valence-corrected chi connectivity index (χ4v) is 1.69. The van der Waals surface area contributed by atoms with Crippen LogP contribution in [0.1, 0.15) is 66.7 Å². The summed E-state index contributed by atoms with van der Waals surface area (Å²) in [7, 11) is 0. The summed E-state index contributed by atoms with van der Waals surface area (Å²) >= 11 is 0. The second-order valence-corrected chi connectivity index (χ2v) is 5.50. The van der Waals surface area contributed by atoms with Gasteiger partial charge in [0.05, 0.1) is 0 Å². The molecule has 0 aromatic rings. The van der Waals surface area contributed by atoms with E-state index < -0.39 is 0 Å². The van der Waals surface area contributed by atoms with Crippen molar-refractivity contribution < 1.29 is 4.74 Å². The Balaban J connectivity index is 3.35. The van der Waals surface area contributed by atoms with Gasteiger partial charge in [0.2, 0.25) is 0 Å². The van der Waals surface area contributed by atoms with E-state index in [9.17, 15) is 0 Å². The predicted molar refractivity (Wildman–Crippen MR) is 76.5 cm³/mol. The predicted octanol–water partition coefficient (Wildman–Crippen LogP) is 4.00. The van der Waals surface area contributed by atoms with Gasteiger partial charge >= 0.3 is 0 Å². The molecular weight excluding hydrogens is 210 g/mol. The Morgan fingerprint density at radius 1 is 1.12 bits per heavy atom. The number of ether oxygens (including phenoxy) is 1. The van der Waals surface area contributed by atoms with Crippen molar-refractivity contribution in [2.45, 2.75) is 72.8 Å². The van der Waals surface area contributed by atoms with Crippen LogP contribution in [0.4, 0.5) is 0 Å². The molecule has 0 rings (SSSR count). The van der Waals surface area contributed by atoms with Gasteiger partial charge in [0.25, 0.3) is 0 Å². The van der Waals surface area contributed by atoms with Gasteiger partial charge in [-0.05, 0) is 38.1 Å². The van der Waals surface area contributed by atoms with Crippen LogP contribution in [0.15, 0.2) is 0 Å². The molecule has 0 heterocycles. The average Bonchev–Trinajstić information content (AvgIpc) is 2.36. The molecule has 1 N–H and O–H groups in total. The van der Waals surface area contributed by atoms with Gasteiger partial charge in [0.1, 0.15) is 0 Å². The Bertz CT molecular complexity index is 166. The largest absolute Gasteiger partial charge is 0.381 e. The normalized spacial score (nSPS) is 13.9. The van der Waals surface area contributed by atoms with E-state index in [1.54, 1.807) is 0 Å². The minimum Gasteiger partial charge on any atom is -0.381 e. The lowest BCUT2D eigenvalue weighted by molar-refractivity contribution is 0.0935. The van der Waals surface area contributed by atoms with Crippen molar-refractivity contribution in [2.75, 3.05) is 19.8 Å². The first-order valence-electron chi connectivity index (χ1n) is 7.39. The molecule has 2 heteroatoms. The standard InChI is InChI=1S/C15H33NO/c1-6-14(4)16-11-9-12-17-13-10-15(5,7-2)8-3/h14,16H,6-13H2,1-5H3. The molecule has 1 atom stereocenters. The smallest absolute Gasteiger partial charge is 0.0478 e. The average molecular weight is 243 g/mol. The Morgan fingerprint density at radius 3 is 2.29 bits per heavy atom. The van der Waals surface area contributed by atoms with Crippen LogP contribution < -0.4 is 5.32 Å². The fraction of sp³-hybridized carbons (Fsp3) is 1.00. The fourth-order valence-electron chi connectivity index (χ4n) is 1.69. The highest BCUT2D eigenvalue weighted by Crippen LogP contribution is 2.29. The van der Waals surface area contributed by atoms with Crippen LogP contribution in [0.5, 0.6) is 0 Å². The Labute approximate surface area is 109 Å². The molecule has 0 aromatic carbocycles. The van der Waals surface area contributed by atoms with Gasteiger partial charge in [-0.2, -0.15) is 0 Å². The zero-order valence-electron chi connectivity index (χ0n) is 12.6. The number of nitrogens with one attached hydrogen (secondary N) is 1. The molecule has 0 aliphatic heterocycles. The lowest BCUT2D eigenvalue weighted by Crippen LogP contribution is -2.27. The Kier molecular flexibility index (Phi) is 9.85. The van der Waals surface area contributed by atoms with Crippen molar-refractivity contribution in [3.63, 3.8) is 0 Å². The van der Waals surface area contributed by atoms with Crippen molar-refractivity contribution in [3.05, 3.63) is 0 Å². The summed E-state index contributed by atoms with van der Waals surface area (Å²) in [5.41, 5.74) is 0.481. The van der Waals surface area contributed by atoms with E-state index in [-0.39, 0.29) is 0 Å². The summed E-state index contributed by atoms with van der Waals surface area (Å²) in [4.78, 5) is 0. The second kappa shape index (κ2) is 9.90. The highest BCUT2D eigenvalue weighted by atomic mass is 16.5. The third kappa shape index (κ3) is 8.62. The Hall–Kier alpha value is -0.0800. The number of rotatable bonds is 11. The SMILES string of the molecule is CCC(C)NCCCOCCC(C)(CC)CC. The molecular formula is C15H33NO. The molecule has 0 aliphatic rings. The molecule has 17 heavy (non-hydrogen) atoms. The van der Waals surface area contributed by atoms with Crippen molar-refractivity contribution in [1.82, 2.24) is 5.32 Å². The van der Waals surface area contributed by atoms with E-state index in [1.807, 2.05) is 0 Å². The quantitative estimate of drug-likeness (QED) is 0.554. The molecule has 0 saturated carbocycles. The maximum absolute atomic E-state index is 5.71. The van der Waals surface area contributed by atoms with Crippen molar-refractivity contribution >= 4 is 0 Å². The molecule has 0 saturated heterocycles. The summed E-state index contributed by atoms with van der Waals surface area (Å²) < 4.78 is 5.71. The van der Waals surface area contributed by atoms with Gasteiger partial charge in [0, 0.05) is 19.3 Å². The molecule has 1 unspecified atom stereocenters. The maximum atomic E-state index is 5.71. The van der Waals surface area contributed by atoms with Crippen LogP contribution in [0.3, 0.4) is 0 Å². The first-order valence-corrected chi connectivity index (χ1v) is 7.39. The lowest BCUT2D eigenvalue weighted by Gasteiger charge is -2.26. The van der Waals surface area contributed by atoms with Crippen LogP contribution >= 0.6 is 0 Å². The second-order valence-electron chi connectivity index (χ2n) is 5.50. The minimum atomic E-state index is 0.481. The lowest BCUT2D eigenvalue weighted by atomic mass is 9.82. The first-order chi connectivity index (χ1) is 8.08. The van der Waals surface area contributed by atoms with E-state index in [4.69, 9.17) is 4.74 Å². The monoisotopic (exact) mass is 243 g/mol. The van der Waals surface area contributed by atoms with Crippen molar-refractivity contribution in [1.29, 1.82) is 0 Å². The molecule has 0 bridgehead atoms. The van der Waals surface area contributed by atoms with Crippen molar-refractivity contribution in [3.8, 4) is 0 Å². The van der Waals surface area contributed by atoms with E-state index in [0.29, 0.717) is 11.5 Å². The van der Waals surface area contributed by atoms with Crippen LogP contribution in [0.25, 0.3) is 0 Å². The third-order valence-corrected chi connectivity index (χ3v) is 4.13. The van der Waals surface area contributed by atoms with E-state index in [1.165, 1.54) is 25.7 Å². The van der Waals surface area contributed by atoms with Gasteiger partial charge in [0.15, 0.2) is 0 Å². The Morgan fingerprint density at radius 2 is 1.76 bits per heavy atom. The topological polar surface area (TPSA) is 21.3 Å². The van der Waals surface area contributed by atoms with Crippen LogP contribution in [0, 0.1) is 5.41 Å². The molecule has 2 nitrogen and oxygen atoms in total. The first kappa shape index (κ1) is 16.9. The molecule has 0 fully saturated rings. The van der Waals surface area contributed by atoms with E-state index >= 15 is 0 Å². The van der Waals surface area contributed by atoms with Crippen molar-refractivity contribution in [2.24, 2.45) is 5.41 Å². The summed E-state index contributed by atoms with van der Waals surface area (Å²) in [5, 5.41) is 3.48. The summed E-state index contributed by atoms with van der Waals surface area (Å²) in [6, 6.07) is 0.637. The minimum absolute atomic E-state index is 0.481. The maximum Gasteiger partial charge on any atom is 0.0478 e. The van der Waals surface area contributed by atoms with Crippen LogP contribution in [0.2, 0.25) is 0 Å².